The lowest BCUT2D eigenvalue weighted by Crippen LogP contribution is -2.44. The molecule has 1 N–H and O–H groups in total. The Labute approximate surface area is 148 Å². The van der Waals surface area contributed by atoms with Crippen molar-refractivity contribution in [1.29, 1.82) is 0 Å². The van der Waals surface area contributed by atoms with E-state index >= 15 is 0 Å². The second-order valence-corrected chi connectivity index (χ2v) is 6.95. The van der Waals surface area contributed by atoms with E-state index in [1.54, 1.807) is 6.07 Å². The van der Waals surface area contributed by atoms with Gasteiger partial charge in [0, 0.05) is 41.7 Å². The van der Waals surface area contributed by atoms with Gasteiger partial charge in [-0.1, -0.05) is 0 Å². The minimum Gasteiger partial charge on any atom is -0.340 e. The summed E-state index contributed by atoms with van der Waals surface area (Å²) in [6, 6.07) is 1.69. The standard InChI is InChI=1S/C14H15Br2F3N4/c1-2-23-9-7-8(15)11(16)10(14(17,18)19)12(9)21-13(23)22-5-3-20-4-6-22/h7,20H,2-6H2,1H3. The van der Waals surface area contributed by atoms with Crippen LogP contribution in [0.3, 0.4) is 0 Å². The van der Waals surface area contributed by atoms with Crippen molar-refractivity contribution in [2.75, 3.05) is 31.1 Å². The zero-order valence-electron chi connectivity index (χ0n) is 12.3. The molecule has 1 aliphatic rings. The molecule has 0 spiro atoms. The van der Waals surface area contributed by atoms with E-state index in [-0.39, 0.29) is 9.99 Å². The molecule has 126 valence electrons. The van der Waals surface area contributed by atoms with E-state index in [4.69, 9.17) is 0 Å². The number of piperazine rings is 1. The minimum atomic E-state index is -4.48. The molecule has 23 heavy (non-hydrogen) atoms. The Morgan fingerprint density at radius 3 is 2.48 bits per heavy atom. The minimum absolute atomic E-state index is 0.00915. The first-order valence-corrected chi connectivity index (χ1v) is 8.84. The van der Waals surface area contributed by atoms with E-state index in [0.29, 0.717) is 22.5 Å². The molecule has 3 rings (SSSR count). The van der Waals surface area contributed by atoms with Gasteiger partial charge < -0.3 is 14.8 Å². The zero-order chi connectivity index (χ0) is 16.8. The fourth-order valence-electron chi connectivity index (χ4n) is 2.87. The van der Waals surface area contributed by atoms with Crippen molar-refractivity contribution in [3.8, 4) is 0 Å². The number of fused-ring (bicyclic) bond motifs is 1. The predicted octanol–water partition coefficient (Wildman–Crippen LogP) is 4.01. The fraction of sp³-hybridized carbons (Fsp3) is 0.500. The van der Waals surface area contributed by atoms with Gasteiger partial charge in [0.25, 0.3) is 0 Å². The van der Waals surface area contributed by atoms with Crippen LogP contribution in [0.5, 0.6) is 0 Å². The molecular weight excluding hydrogens is 441 g/mol. The van der Waals surface area contributed by atoms with Gasteiger partial charge in [-0.25, -0.2) is 4.98 Å². The van der Waals surface area contributed by atoms with Crippen LogP contribution < -0.4 is 10.2 Å². The van der Waals surface area contributed by atoms with Gasteiger partial charge in [-0.3, -0.25) is 0 Å². The number of aromatic nitrogens is 2. The van der Waals surface area contributed by atoms with Crippen LogP contribution >= 0.6 is 31.9 Å². The molecule has 0 amide bonds. The Hall–Kier alpha value is -0.800. The molecule has 9 heteroatoms. The Morgan fingerprint density at radius 2 is 1.91 bits per heavy atom. The molecule has 1 aliphatic heterocycles. The first-order valence-electron chi connectivity index (χ1n) is 7.25. The number of rotatable bonds is 2. The molecule has 0 aliphatic carbocycles. The number of hydrogen-bond donors (Lipinski definition) is 1. The maximum atomic E-state index is 13.5. The summed E-state index contributed by atoms with van der Waals surface area (Å²) in [4.78, 5) is 6.40. The van der Waals surface area contributed by atoms with E-state index in [1.807, 2.05) is 16.4 Å². The third-order valence-corrected chi connectivity index (χ3v) is 5.90. The second kappa shape index (κ2) is 6.25. The van der Waals surface area contributed by atoms with Gasteiger partial charge in [0.1, 0.15) is 5.52 Å². The molecule has 1 saturated heterocycles. The van der Waals surface area contributed by atoms with E-state index < -0.39 is 11.7 Å². The number of hydrogen-bond acceptors (Lipinski definition) is 3. The highest BCUT2D eigenvalue weighted by molar-refractivity contribution is 9.13. The van der Waals surface area contributed by atoms with Gasteiger partial charge in [0.15, 0.2) is 0 Å². The van der Waals surface area contributed by atoms with Crippen LogP contribution in [0.1, 0.15) is 12.5 Å². The van der Waals surface area contributed by atoms with Crippen molar-refractivity contribution in [2.45, 2.75) is 19.6 Å². The molecule has 0 saturated carbocycles. The second-order valence-electron chi connectivity index (χ2n) is 5.31. The van der Waals surface area contributed by atoms with Crippen molar-refractivity contribution >= 4 is 48.8 Å². The van der Waals surface area contributed by atoms with Crippen LogP contribution in [0.25, 0.3) is 11.0 Å². The van der Waals surface area contributed by atoms with Crippen molar-refractivity contribution in [1.82, 2.24) is 14.9 Å². The number of benzene rings is 1. The topological polar surface area (TPSA) is 33.1 Å². The molecule has 4 nitrogen and oxygen atoms in total. The highest BCUT2D eigenvalue weighted by Gasteiger charge is 2.38. The third kappa shape index (κ3) is 2.98. The summed E-state index contributed by atoms with van der Waals surface area (Å²) >= 11 is 6.27. The van der Waals surface area contributed by atoms with Crippen LogP contribution in [0.4, 0.5) is 19.1 Å². The lowest BCUT2D eigenvalue weighted by atomic mass is 10.2. The molecule has 0 radical (unpaired) electrons. The fourth-order valence-corrected chi connectivity index (χ4v) is 3.81. The van der Waals surface area contributed by atoms with Crippen LogP contribution in [-0.4, -0.2) is 35.7 Å². The number of nitrogens with zero attached hydrogens (tertiary/aromatic N) is 3. The molecule has 0 bridgehead atoms. The van der Waals surface area contributed by atoms with Crippen molar-refractivity contribution < 1.29 is 13.2 Å². The Kier molecular flexibility index (Phi) is 4.63. The number of nitrogens with one attached hydrogen (secondary N) is 1. The van der Waals surface area contributed by atoms with E-state index in [9.17, 15) is 13.2 Å². The molecular formula is C14H15Br2F3N4. The quantitative estimate of drug-likeness (QED) is 0.742. The van der Waals surface area contributed by atoms with Crippen LogP contribution in [0.15, 0.2) is 15.0 Å². The molecule has 0 atom stereocenters. The lowest BCUT2D eigenvalue weighted by Gasteiger charge is -2.28. The predicted molar refractivity (Wildman–Crippen MR) is 90.9 cm³/mol. The molecule has 2 aromatic rings. The Bertz CT molecular complexity index is 736. The van der Waals surface area contributed by atoms with E-state index in [0.717, 1.165) is 26.2 Å². The smallest absolute Gasteiger partial charge is 0.340 e. The van der Waals surface area contributed by atoms with Crippen molar-refractivity contribution in [2.24, 2.45) is 0 Å². The molecule has 1 fully saturated rings. The van der Waals surface area contributed by atoms with Gasteiger partial charge in [0.2, 0.25) is 5.95 Å². The van der Waals surface area contributed by atoms with Gasteiger partial charge in [-0.05, 0) is 44.8 Å². The van der Waals surface area contributed by atoms with Crippen LogP contribution in [0, 0.1) is 0 Å². The number of imidazole rings is 1. The SMILES string of the molecule is CCn1c(N2CCNCC2)nc2c(C(F)(F)F)c(Br)c(Br)cc21. The Balaban J connectivity index is 2.28. The van der Waals surface area contributed by atoms with Gasteiger partial charge in [-0.2, -0.15) is 13.2 Å². The summed E-state index contributed by atoms with van der Waals surface area (Å²) in [5.41, 5.74) is -0.253. The van der Waals surface area contributed by atoms with Crippen LogP contribution in [0.2, 0.25) is 0 Å². The highest BCUT2D eigenvalue weighted by atomic mass is 79.9. The summed E-state index contributed by atoms with van der Waals surface area (Å²) < 4.78 is 42.8. The largest absolute Gasteiger partial charge is 0.419 e. The first-order chi connectivity index (χ1) is 10.8. The lowest BCUT2D eigenvalue weighted by molar-refractivity contribution is -0.137. The normalized spacial score (nSPS) is 16.3. The van der Waals surface area contributed by atoms with Gasteiger partial charge in [-0.15, -0.1) is 0 Å². The summed E-state index contributed by atoms with van der Waals surface area (Å²) in [7, 11) is 0. The van der Waals surface area contributed by atoms with Crippen LogP contribution in [-0.2, 0) is 12.7 Å². The van der Waals surface area contributed by atoms with Gasteiger partial charge in [0.05, 0.1) is 11.1 Å². The average molecular weight is 456 g/mol. The summed E-state index contributed by atoms with van der Waals surface area (Å²) in [6.07, 6.45) is -4.48. The molecule has 2 heterocycles. The van der Waals surface area contributed by atoms with E-state index in [1.165, 1.54) is 0 Å². The average Bonchev–Trinajstić information content (AvgIpc) is 2.85. The maximum Gasteiger partial charge on any atom is 0.419 e. The summed E-state index contributed by atoms with van der Waals surface area (Å²) in [5.74, 6) is 0.597. The van der Waals surface area contributed by atoms with Crippen molar-refractivity contribution in [3.63, 3.8) is 0 Å². The highest BCUT2D eigenvalue weighted by Crippen LogP contribution is 2.44. The molecule has 1 aromatic carbocycles. The van der Waals surface area contributed by atoms with Gasteiger partial charge >= 0.3 is 6.18 Å². The number of halogens is 5. The Morgan fingerprint density at radius 1 is 1.26 bits per heavy atom. The summed E-state index contributed by atoms with van der Waals surface area (Å²) in [5, 5.41) is 3.24. The van der Waals surface area contributed by atoms with E-state index in [2.05, 4.69) is 42.2 Å². The number of alkyl halides is 3. The monoisotopic (exact) mass is 454 g/mol. The molecule has 0 unspecified atom stereocenters. The first kappa shape index (κ1) is 17.0. The number of anilines is 1. The van der Waals surface area contributed by atoms with Crippen molar-refractivity contribution in [3.05, 3.63) is 20.6 Å². The number of aryl methyl sites for hydroxylation is 1. The zero-order valence-corrected chi connectivity index (χ0v) is 15.5. The summed E-state index contributed by atoms with van der Waals surface area (Å²) in [6.45, 7) is 5.52. The third-order valence-electron chi connectivity index (χ3n) is 3.92. The maximum absolute atomic E-state index is 13.5. The molecule has 1 aromatic heterocycles.